The predicted octanol–water partition coefficient (Wildman–Crippen LogP) is 1.20. The summed E-state index contributed by atoms with van der Waals surface area (Å²) in [6.07, 6.45) is 2.46. The van der Waals surface area contributed by atoms with Crippen LogP contribution < -0.4 is 11.3 Å². The number of aryl methyl sites for hydroxylation is 1. The molecule has 3 N–H and O–H groups in total. The third kappa shape index (κ3) is 2.39. The number of hydrazine groups is 1. The van der Waals surface area contributed by atoms with Gasteiger partial charge in [-0.2, -0.15) is 0 Å². The van der Waals surface area contributed by atoms with E-state index in [0.29, 0.717) is 17.3 Å². The van der Waals surface area contributed by atoms with Crippen molar-refractivity contribution in [2.45, 2.75) is 25.8 Å². The third-order valence-corrected chi connectivity index (χ3v) is 4.44. The molecule has 1 amide bonds. The Morgan fingerprint density at radius 1 is 1.35 bits per heavy atom. The number of fused-ring (bicyclic) bond motifs is 1. The van der Waals surface area contributed by atoms with Crippen LogP contribution >= 0.6 is 0 Å². The molecular weight excluding hydrogens is 252 g/mol. The van der Waals surface area contributed by atoms with Gasteiger partial charge in [0.05, 0.1) is 11.3 Å². The fourth-order valence-electron chi connectivity index (χ4n) is 3.31. The Labute approximate surface area is 119 Å². The number of nitrogens with two attached hydrogens (primary N) is 1. The summed E-state index contributed by atoms with van der Waals surface area (Å²) in [5.74, 6) is 5.63. The van der Waals surface area contributed by atoms with Gasteiger partial charge in [-0.15, -0.1) is 0 Å². The van der Waals surface area contributed by atoms with Crippen molar-refractivity contribution < 1.29 is 4.79 Å². The molecule has 0 bridgehead atoms. The Bertz CT molecular complexity index is 517. The van der Waals surface area contributed by atoms with Crippen LogP contribution in [0.1, 0.15) is 28.8 Å². The number of hydrogen-bond donors (Lipinski definition) is 2. The van der Waals surface area contributed by atoms with Gasteiger partial charge in [0, 0.05) is 25.7 Å². The summed E-state index contributed by atoms with van der Waals surface area (Å²) in [6, 6.07) is 6.29. The lowest BCUT2D eigenvalue weighted by Crippen LogP contribution is -2.52. The fourth-order valence-corrected chi connectivity index (χ4v) is 3.31. The lowest BCUT2D eigenvalue weighted by atomic mass is 10.1. The van der Waals surface area contributed by atoms with Gasteiger partial charge in [0.25, 0.3) is 5.91 Å². The van der Waals surface area contributed by atoms with E-state index in [-0.39, 0.29) is 5.91 Å². The summed E-state index contributed by atoms with van der Waals surface area (Å²) in [6.45, 7) is 5.83. The van der Waals surface area contributed by atoms with Crippen LogP contribution in [0.2, 0.25) is 0 Å². The number of piperazine rings is 1. The summed E-state index contributed by atoms with van der Waals surface area (Å²) < 4.78 is 0. The third-order valence-electron chi connectivity index (χ3n) is 4.44. The highest BCUT2D eigenvalue weighted by Crippen LogP contribution is 2.24. The van der Waals surface area contributed by atoms with Gasteiger partial charge in [0.2, 0.25) is 0 Å². The molecule has 0 radical (unpaired) electrons. The molecule has 20 heavy (non-hydrogen) atoms. The number of amides is 1. The highest BCUT2D eigenvalue weighted by Gasteiger charge is 2.33. The standard InChI is InChI=1S/C15H22N4O/c1-11-4-5-13(14(9-11)17-16)15(20)19-8-7-18-6-2-3-12(18)10-19/h4-5,9,12,17H,2-3,6-8,10,16H2,1H3. The zero-order valence-electron chi connectivity index (χ0n) is 11.9. The largest absolute Gasteiger partial charge is 0.336 e. The molecule has 108 valence electrons. The molecule has 2 saturated heterocycles. The molecule has 5 heteroatoms. The Hall–Kier alpha value is -1.59. The number of hydrogen-bond acceptors (Lipinski definition) is 4. The van der Waals surface area contributed by atoms with Crippen molar-refractivity contribution in [2.24, 2.45) is 5.84 Å². The molecule has 5 nitrogen and oxygen atoms in total. The Kier molecular flexibility index (Phi) is 3.63. The highest BCUT2D eigenvalue weighted by molar-refractivity contribution is 5.99. The maximum absolute atomic E-state index is 12.7. The van der Waals surface area contributed by atoms with Crippen LogP contribution in [0.25, 0.3) is 0 Å². The van der Waals surface area contributed by atoms with Crippen LogP contribution in [0.15, 0.2) is 18.2 Å². The molecule has 3 rings (SSSR count). The minimum absolute atomic E-state index is 0.0875. The van der Waals surface area contributed by atoms with Crippen LogP contribution in [0.3, 0.4) is 0 Å². The number of anilines is 1. The van der Waals surface area contributed by atoms with E-state index in [2.05, 4.69) is 10.3 Å². The van der Waals surface area contributed by atoms with E-state index in [1.807, 2.05) is 30.0 Å². The topological polar surface area (TPSA) is 61.6 Å². The predicted molar refractivity (Wildman–Crippen MR) is 79.5 cm³/mol. The molecule has 0 saturated carbocycles. The Balaban J connectivity index is 1.79. The average Bonchev–Trinajstić information content (AvgIpc) is 2.93. The zero-order chi connectivity index (χ0) is 14.1. The van der Waals surface area contributed by atoms with Crippen LogP contribution in [-0.2, 0) is 0 Å². The summed E-state index contributed by atoms with van der Waals surface area (Å²) in [4.78, 5) is 17.2. The van der Waals surface area contributed by atoms with E-state index in [1.165, 1.54) is 19.4 Å². The molecule has 1 atom stereocenters. The normalized spacial score (nSPS) is 22.7. The van der Waals surface area contributed by atoms with Crippen molar-refractivity contribution in [1.82, 2.24) is 9.80 Å². The highest BCUT2D eigenvalue weighted by atomic mass is 16.2. The van der Waals surface area contributed by atoms with Crippen LogP contribution in [0.5, 0.6) is 0 Å². The van der Waals surface area contributed by atoms with Crippen molar-refractivity contribution in [2.75, 3.05) is 31.6 Å². The van der Waals surface area contributed by atoms with Crippen LogP contribution in [0, 0.1) is 6.92 Å². The molecule has 1 aromatic carbocycles. The summed E-state index contributed by atoms with van der Waals surface area (Å²) in [5, 5.41) is 0. The van der Waals surface area contributed by atoms with E-state index in [0.717, 1.165) is 25.2 Å². The van der Waals surface area contributed by atoms with E-state index in [4.69, 9.17) is 5.84 Å². The molecule has 0 spiro atoms. The molecule has 0 aromatic heterocycles. The second-order valence-electron chi connectivity index (χ2n) is 5.78. The second-order valence-corrected chi connectivity index (χ2v) is 5.78. The molecule has 2 aliphatic heterocycles. The van der Waals surface area contributed by atoms with Gasteiger partial charge >= 0.3 is 0 Å². The maximum atomic E-state index is 12.7. The van der Waals surface area contributed by atoms with Gasteiger partial charge in [-0.1, -0.05) is 6.07 Å². The van der Waals surface area contributed by atoms with Crippen molar-refractivity contribution >= 4 is 11.6 Å². The SMILES string of the molecule is Cc1ccc(C(=O)N2CCN3CCCC3C2)c(NN)c1. The average molecular weight is 274 g/mol. The van der Waals surface area contributed by atoms with E-state index in [9.17, 15) is 4.79 Å². The van der Waals surface area contributed by atoms with Gasteiger partial charge in [-0.05, 0) is 44.0 Å². The fraction of sp³-hybridized carbons (Fsp3) is 0.533. The first-order valence-electron chi connectivity index (χ1n) is 7.29. The molecule has 1 unspecified atom stereocenters. The lowest BCUT2D eigenvalue weighted by Gasteiger charge is -2.37. The minimum Gasteiger partial charge on any atom is -0.336 e. The first kappa shape index (κ1) is 13.4. The number of nitrogen functional groups attached to an aromatic ring is 1. The lowest BCUT2D eigenvalue weighted by molar-refractivity contribution is 0.0572. The monoisotopic (exact) mass is 274 g/mol. The Morgan fingerprint density at radius 3 is 3.00 bits per heavy atom. The number of rotatable bonds is 2. The first-order chi connectivity index (χ1) is 9.69. The maximum Gasteiger partial charge on any atom is 0.256 e. The van der Waals surface area contributed by atoms with Crippen LogP contribution in [-0.4, -0.2) is 47.9 Å². The van der Waals surface area contributed by atoms with Crippen LogP contribution in [0.4, 0.5) is 5.69 Å². The van der Waals surface area contributed by atoms with Gasteiger partial charge in [-0.25, -0.2) is 0 Å². The first-order valence-corrected chi connectivity index (χ1v) is 7.29. The van der Waals surface area contributed by atoms with E-state index >= 15 is 0 Å². The number of carbonyl (C=O) groups is 1. The Morgan fingerprint density at radius 2 is 2.20 bits per heavy atom. The van der Waals surface area contributed by atoms with Crippen molar-refractivity contribution in [3.05, 3.63) is 29.3 Å². The summed E-state index contributed by atoms with van der Waals surface area (Å²) >= 11 is 0. The van der Waals surface area contributed by atoms with E-state index < -0.39 is 0 Å². The van der Waals surface area contributed by atoms with E-state index in [1.54, 1.807) is 0 Å². The quantitative estimate of drug-likeness (QED) is 0.628. The van der Waals surface area contributed by atoms with Gasteiger partial charge < -0.3 is 10.3 Å². The van der Waals surface area contributed by atoms with Crippen molar-refractivity contribution in [1.29, 1.82) is 0 Å². The summed E-state index contributed by atoms with van der Waals surface area (Å²) in [7, 11) is 0. The van der Waals surface area contributed by atoms with Gasteiger partial charge in [0.1, 0.15) is 0 Å². The number of carbonyl (C=O) groups excluding carboxylic acids is 1. The molecule has 1 aromatic rings. The zero-order valence-corrected chi connectivity index (χ0v) is 11.9. The van der Waals surface area contributed by atoms with Crippen molar-refractivity contribution in [3.8, 4) is 0 Å². The molecule has 2 aliphatic rings. The smallest absolute Gasteiger partial charge is 0.256 e. The van der Waals surface area contributed by atoms with Gasteiger partial charge in [-0.3, -0.25) is 15.5 Å². The molecule has 2 fully saturated rings. The number of nitrogens with one attached hydrogen (secondary N) is 1. The second kappa shape index (κ2) is 5.42. The summed E-state index contributed by atoms with van der Waals surface area (Å²) in [5.41, 5.74) is 5.12. The number of nitrogens with zero attached hydrogens (tertiary/aromatic N) is 2. The van der Waals surface area contributed by atoms with Crippen molar-refractivity contribution in [3.63, 3.8) is 0 Å². The molecule has 2 heterocycles. The number of benzene rings is 1. The molecular formula is C15H22N4O. The minimum atomic E-state index is 0.0875. The van der Waals surface area contributed by atoms with Gasteiger partial charge in [0.15, 0.2) is 0 Å². The molecule has 0 aliphatic carbocycles.